The van der Waals surface area contributed by atoms with Gasteiger partial charge in [-0.05, 0) is 59.0 Å². The highest BCUT2D eigenvalue weighted by Crippen LogP contribution is 2.40. The largest absolute Gasteiger partial charge is 0.309 e. The summed E-state index contributed by atoms with van der Waals surface area (Å²) in [5.41, 5.74) is 0.531. The number of hydrogen-bond donors (Lipinski definition) is 1. The van der Waals surface area contributed by atoms with Crippen LogP contribution in [0, 0.1) is 11.3 Å². The van der Waals surface area contributed by atoms with E-state index in [1.54, 1.807) is 0 Å². The van der Waals surface area contributed by atoms with E-state index >= 15 is 0 Å². The van der Waals surface area contributed by atoms with E-state index in [1.807, 2.05) is 11.3 Å². The molecule has 0 aliphatic heterocycles. The summed E-state index contributed by atoms with van der Waals surface area (Å²) in [6, 6.07) is 2.95. The van der Waals surface area contributed by atoms with Crippen LogP contribution in [0.25, 0.3) is 0 Å². The highest BCUT2D eigenvalue weighted by Gasteiger charge is 2.31. The molecule has 1 N–H and O–H groups in total. The van der Waals surface area contributed by atoms with E-state index < -0.39 is 0 Å². The number of thiophene rings is 1. The molecule has 19 heavy (non-hydrogen) atoms. The van der Waals surface area contributed by atoms with Crippen molar-refractivity contribution in [2.75, 3.05) is 0 Å². The van der Waals surface area contributed by atoms with Gasteiger partial charge in [0, 0.05) is 27.3 Å². The lowest BCUT2D eigenvalue weighted by atomic mass is 9.69. The predicted octanol–water partition coefficient (Wildman–Crippen LogP) is 5.60. The summed E-state index contributed by atoms with van der Waals surface area (Å²) in [7, 11) is 0. The minimum Gasteiger partial charge on any atom is -0.309 e. The zero-order valence-corrected chi connectivity index (χ0v) is 14.7. The zero-order valence-electron chi connectivity index (χ0n) is 12.3. The van der Waals surface area contributed by atoms with Gasteiger partial charge in [-0.15, -0.1) is 11.3 Å². The minimum absolute atomic E-state index is 0.531. The number of rotatable bonds is 5. The summed E-state index contributed by atoms with van der Waals surface area (Å²) in [6.07, 6.45) is 6.79. The standard InChI is InChI=1S/C16H26BrNS/c1-4-16(2,3)12-5-7-14(8-6-12)18-10-15-9-13(17)11-19-15/h9,11-12,14,18H,4-8,10H2,1-3H3. The summed E-state index contributed by atoms with van der Waals surface area (Å²) in [5, 5.41) is 5.90. The average molecular weight is 344 g/mol. The van der Waals surface area contributed by atoms with Crippen LogP contribution in [-0.2, 0) is 6.54 Å². The van der Waals surface area contributed by atoms with Gasteiger partial charge >= 0.3 is 0 Å². The molecule has 0 atom stereocenters. The Hall–Kier alpha value is 0.140. The maximum absolute atomic E-state index is 3.73. The Morgan fingerprint density at radius 1 is 1.32 bits per heavy atom. The molecule has 0 radical (unpaired) electrons. The van der Waals surface area contributed by atoms with Crippen LogP contribution < -0.4 is 5.32 Å². The van der Waals surface area contributed by atoms with Gasteiger partial charge < -0.3 is 5.32 Å². The summed E-state index contributed by atoms with van der Waals surface area (Å²) in [4.78, 5) is 1.43. The molecule has 1 aromatic heterocycles. The molecule has 0 unspecified atom stereocenters. The third-order valence-corrected chi connectivity index (χ3v) is 6.63. The van der Waals surface area contributed by atoms with E-state index in [1.165, 1.54) is 41.5 Å². The summed E-state index contributed by atoms with van der Waals surface area (Å²) >= 11 is 5.36. The number of hydrogen-bond acceptors (Lipinski definition) is 2. The number of halogens is 1. The minimum atomic E-state index is 0.531. The Labute approximate surface area is 130 Å². The smallest absolute Gasteiger partial charge is 0.0302 e. The highest BCUT2D eigenvalue weighted by molar-refractivity contribution is 9.10. The average Bonchev–Trinajstić information content (AvgIpc) is 2.83. The van der Waals surface area contributed by atoms with Crippen LogP contribution in [0.4, 0.5) is 0 Å². The fourth-order valence-electron chi connectivity index (χ4n) is 3.06. The molecule has 2 rings (SSSR count). The fraction of sp³-hybridized carbons (Fsp3) is 0.750. The SMILES string of the molecule is CCC(C)(C)C1CCC(NCc2cc(Br)cs2)CC1. The first-order chi connectivity index (χ1) is 9.01. The van der Waals surface area contributed by atoms with E-state index in [0.29, 0.717) is 5.41 Å². The molecule has 108 valence electrons. The van der Waals surface area contributed by atoms with E-state index in [4.69, 9.17) is 0 Å². The lowest BCUT2D eigenvalue weighted by Crippen LogP contribution is -2.36. The Morgan fingerprint density at radius 2 is 2.00 bits per heavy atom. The zero-order chi connectivity index (χ0) is 13.9. The third kappa shape index (κ3) is 4.30. The molecule has 0 spiro atoms. The van der Waals surface area contributed by atoms with Crippen LogP contribution in [0.1, 0.15) is 57.8 Å². The van der Waals surface area contributed by atoms with Gasteiger partial charge in [-0.1, -0.05) is 27.2 Å². The molecular formula is C16H26BrNS. The number of nitrogens with one attached hydrogen (secondary N) is 1. The lowest BCUT2D eigenvalue weighted by Gasteiger charge is -2.39. The summed E-state index contributed by atoms with van der Waals surface area (Å²) < 4.78 is 1.21. The van der Waals surface area contributed by atoms with Gasteiger partial charge in [0.05, 0.1) is 0 Å². The quantitative estimate of drug-likeness (QED) is 0.734. The molecule has 1 aliphatic rings. The van der Waals surface area contributed by atoms with Crippen LogP contribution >= 0.6 is 27.3 Å². The van der Waals surface area contributed by atoms with Crippen molar-refractivity contribution in [3.63, 3.8) is 0 Å². The molecule has 0 bridgehead atoms. The van der Waals surface area contributed by atoms with Crippen molar-refractivity contribution in [2.24, 2.45) is 11.3 Å². The Morgan fingerprint density at radius 3 is 2.53 bits per heavy atom. The first kappa shape index (κ1) is 15.5. The van der Waals surface area contributed by atoms with Gasteiger partial charge in [0.25, 0.3) is 0 Å². The first-order valence-corrected chi connectivity index (χ1v) is 9.15. The van der Waals surface area contributed by atoms with Crippen molar-refractivity contribution in [1.29, 1.82) is 0 Å². The van der Waals surface area contributed by atoms with Crippen molar-refractivity contribution in [3.8, 4) is 0 Å². The Bertz CT molecular complexity index is 391. The molecular weight excluding hydrogens is 318 g/mol. The van der Waals surface area contributed by atoms with Crippen molar-refractivity contribution in [1.82, 2.24) is 5.32 Å². The van der Waals surface area contributed by atoms with Crippen molar-refractivity contribution in [2.45, 2.75) is 65.5 Å². The van der Waals surface area contributed by atoms with Gasteiger partial charge in [0.15, 0.2) is 0 Å². The molecule has 0 aromatic carbocycles. The molecule has 1 saturated carbocycles. The maximum Gasteiger partial charge on any atom is 0.0302 e. The normalized spacial score (nSPS) is 24.6. The fourth-order valence-corrected chi connectivity index (χ4v) is 4.46. The monoisotopic (exact) mass is 343 g/mol. The van der Waals surface area contributed by atoms with Gasteiger partial charge in [-0.25, -0.2) is 0 Å². The topological polar surface area (TPSA) is 12.0 Å². The van der Waals surface area contributed by atoms with E-state index in [-0.39, 0.29) is 0 Å². The summed E-state index contributed by atoms with van der Waals surface area (Å²) in [6.45, 7) is 8.24. The van der Waals surface area contributed by atoms with Crippen LogP contribution in [0.15, 0.2) is 15.9 Å². The van der Waals surface area contributed by atoms with Crippen LogP contribution in [-0.4, -0.2) is 6.04 Å². The molecule has 0 amide bonds. The third-order valence-electron chi connectivity index (χ3n) is 4.93. The maximum atomic E-state index is 3.73. The molecule has 1 heterocycles. The van der Waals surface area contributed by atoms with Gasteiger partial charge in [-0.3, -0.25) is 0 Å². The Balaban J connectivity index is 1.74. The first-order valence-electron chi connectivity index (χ1n) is 7.47. The molecule has 1 aliphatic carbocycles. The molecule has 0 saturated heterocycles. The second kappa shape index (κ2) is 6.73. The van der Waals surface area contributed by atoms with Gasteiger partial charge in [0.1, 0.15) is 0 Å². The molecule has 1 aromatic rings. The summed E-state index contributed by atoms with van der Waals surface area (Å²) in [5.74, 6) is 0.923. The molecule has 1 fully saturated rings. The van der Waals surface area contributed by atoms with Gasteiger partial charge in [-0.2, -0.15) is 0 Å². The van der Waals surface area contributed by atoms with Crippen LogP contribution in [0.5, 0.6) is 0 Å². The van der Waals surface area contributed by atoms with Crippen LogP contribution in [0.2, 0.25) is 0 Å². The predicted molar refractivity (Wildman–Crippen MR) is 88.7 cm³/mol. The van der Waals surface area contributed by atoms with Crippen molar-refractivity contribution in [3.05, 3.63) is 20.8 Å². The second-order valence-corrected chi connectivity index (χ2v) is 8.41. The Kier molecular flexibility index (Phi) is 5.50. The molecule has 3 heteroatoms. The van der Waals surface area contributed by atoms with E-state index in [2.05, 4.69) is 53.5 Å². The van der Waals surface area contributed by atoms with Crippen LogP contribution in [0.3, 0.4) is 0 Å². The lowest BCUT2D eigenvalue weighted by molar-refractivity contribution is 0.137. The van der Waals surface area contributed by atoms with Crippen molar-refractivity contribution < 1.29 is 0 Å². The second-order valence-electron chi connectivity index (χ2n) is 6.50. The van der Waals surface area contributed by atoms with E-state index in [9.17, 15) is 0 Å². The van der Waals surface area contributed by atoms with Gasteiger partial charge in [0.2, 0.25) is 0 Å². The molecule has 1 nitrogen and oxygen atoms in total. The highest BCUT2D eigenvalue weighted by atomic mass is 79.9. The van der Waals surface area contributed by atoms with Crippen molar-refractivity contribution >= 4 is 27.3 Å². The van der Waals surface area contributed by atoms with E-state index in [0.717, 1.165) is 18.5 Å².